The molecule has 0 aromatic carbocycles. The van der Waals surface area contributed by atoms with Crippen molar-refractivity contribution in [3.05, 3.63) is 12.2 Å². The van der Waals surface area contributed by atoms with Crippen LogP contribution in [0.25, 0.3) is 0 Å². The summed E-state index contributed by atoms with van der Waals surface area (Å²) in [6, 6.07) is 0. The van der Waals surface area contributed by atoms with Crippen molar-refractivity contribution in [3.8, 4) is 0 Å². The van der Waals surface area contributed by atoms with Crippen molar-refractivity contribution in [3.63, 3.8) is 0 Å². The highest BCUT2D eigenvalue weighted by molar-refractivity contribution is 5.59. The Labute approximate surface area is 98.8 Å². The van der Waals surface area contributed by atoms with E-state index in [1.165, 1.54) is 45.6 Å². The van der Waals surface area contributed by atoms with Crippen LogP contribution < -0.4 is 0 Å². The summed E-state index contributed by atoms with van der Waals surface area (Å²) >= 11 is 0. The summed E-state index contributed by atoms with van der Waals surface area (Å²) < 4.78 is 9.04. The Balaban J connectivity index is 3.12. The summed E-state index contributed by atoms with van der Waals surface area (Å²) in [4.78, 5) is 10.6. The van der Waals surface area contributed by atoms with Crippen LogP contribution >= 0.6 is 0 Å². The molecule has 3 nitrogen and oxygen atoms in total. The maximum atomic E-state index is 10.6. The molecule has 3 heteroatoms. The molecule has 0 N–H and O–H groups in total. The Kier molecular flexibility index (Phi) is 11.3. The molecule has 0 aromatic rings. The van der Waals surface area contributed by atoms with Crippen LogP contribution in [0.4, 0.5) is 4.79 Å². The fourth-order valence-corrected chi connectivity index (χ4v) is 1.40. The van der Waals surface area contributed by atoms with Gasteiger partial charge in [0.15, 0.2) is 0 Å². The van der Waals surface area contributed by atoms with E-state index in [0.29, 0.717) is 6.61 Å². The van der Waals surface area contributed by atoms with E-state index < -0.39 is 6.16 Å². The lowest BCUT2D eigenvalue weighted by atomic mass is 10.1. The molecule has 0 heterocycles. The van der Waals surface area contributed by atoms with Gasteiger partial charge in [0.2, 0.25) is 0 Å². The third-order valence-corrected chi connectivity index (χ3v) is 2.36. The fraction of sp³-hybridized carbons (Fsp3) is 0.769. The topological polar surface area (TPSA) is 35.5 Å². The van der Waals surface area contributed by atoms with Crippen molar-refractivity contribution < 1.29 is 14.3 Å². The smallest absolute Gasteiger partial charge is 0.438 e. The summed E-state index contributed by atoms with van der Waals surface area (Å²) in [7, 11) is 1.31. The summed E-state index contributed by atoms with van der Waals surface area (Å²) in [5, 5.41) is 0. The van der Waals surface area contributed by atoms with Gasteiger partial charge >= 0.3 is 6.16 Å². The lowest BCUT2D eigenvalue weighted by Crippen LogP contribution is -2.03. The van der Waals surface area contributed by atoms with Gasteiger partial charge in [0, 0.05) is 0 Å². The van der Waals surface area contributed by atoms with E-state index in [1.807, 2.05) is 6.08 Å². The van der Waals surface area contributed by atoms with E-state index in [1.54, 1.807) is 0 Å². The first-order chi connectivity index (χ1) is 7.81. The van der Waals surface area contributed by atoms with Gasteiger partial charge in [-0.1, -0.05) is 51.2 Å². The standard InChI is InChI=1S/C13H24O3/c1-3-4-5-6-7-8-9-10-11-12-16-13(14)15-2/h10-11H,3-9,12H2,1-2H3/b11-10+. The summed E-state index contributed by atoms with van der Waals surface area (Å²) in [6.07, 6.45) is 12.2. The average molecular weight is 228 g/mol. The lowest BCUT2D eigenvalue weighted by Gasteiger charge is -1.99. The van der Waals surface area contributed by atoms with Crippen LogP contribution in [0.2, 0.25) is 0 Å². The first kappa shape index (κ1) is 15.0. The minimum absolute atomic E-state index is 0.308. The van der Waals surface area contributed by atoms with E-state index in [2.05, 4.69) is 17.7 Å². The van der Waals surface area contributed by atoms with Gasteiger partial charge in [-0.3, -0.25) is 0 Å². The Bertz CT molecular complexity index is 188. The highest BCUT2D eigenvalue weighted by Gasteiger charge is 1.95. The molecule has 0 aliphatic carbocycles. The molecule has 0 spiro atoms. The second kappa shape index (κ2) is 12.1. The van der Waals surface area contributed by atoms with Gasteiger partial charge in [0.05, 0.1) is 7.11 Å². The Hall–Kier alpha value is -0.990. The Morgan fingerprint density at radius 2 is 1.75 bits per heavy atom. The number of allylic oxidation sites excluding steroid dienone is 1. The summed E-state index contributed by atoms with van der Waals surface area (Å²) in [6.45, 7) is 2.53. The van der Waals surface area contributed by atoms with Gasteiger partial charge in [-0.25, -0.2) is 4.79 Å². The molecule has 0 saturated heterocycles. The zero-order valence-electron chi connectivity index (χ0n) is 10.5. The first-order valence-corrected chi connectivity index (χ1v) is 6.17. The van der Waals surface area contributed by atoms with Crippen LogP contribution in [0.5, 0.6) is 0 Å². The number of ether oxygens (including phenoxy) is 2. The number of carbonyl (C=O) groups excluding carboxylic acids is 1. The molecule has 0 aliphatic rings. The molecule has 0 saturated carbocycles. The highest BCUT2D eigenvalue weighted by atomic mass is 16.7. The normalized spacial score (nSPS) is 10.6. The highest BCUT2D eigenvalue weighted by Crippen LogP contribution is 2.06. The molecule has 0 atom stereocenters. The third-order valence-electron chi connectivity index (χ3n) is 2.36. The molecule has 0 bridgehead atoms. The van der Waals surface area contributed by atoms with E-state index in [-0.39, 0.29) is 0 Å². The summed E-state index contributed by atoms with van der Waals surface area (Å²) in [5.74, 6) is 0. The maximum Gasteiger partial charge on any atom is 0.508 e. The number of unbranched alkanes of at least 4 members (excludes halogenated alkanes) is 6. The number of rotatable bonds is 9. The lowest BCUT2D eigenvalue weighted by molar-refractivity contribution is 0.0817. The third kappa shape index (κ3) is 11.1. The zero-order valence-corrected chi connectivity index (χ0v) is 10.5. The second-order valence-corrected chi connectivity index (χ2v) is 3.79. The van der Waals surface area contributed by atoms with Gasteiger partial charge in [-0.05, 0) is 12.8 Å². The van der Waals surface area contributed by atoms with Crippen LogP contribution in [0.3, 0.4) is 0 Å². The average Bonchev–Trinajstić information content (AvgIpc) is 2.31. The molecular formula is C13H24O3. The SMILES string of the molecule is CCCCCCCC/C=C/COC(=O)OC. The van der Waals surface area contributed by atoms with E-state index in [4.69, 9.17) is 4.74 Å². The predicted octanol–water partition coefficient (Wildman–Crippen LogP) is 4.08. The van der Waals surface area contributed by atoms with Crippen molar-refractivity contribution in [2.75, 3.05) is 13.7 Å². The van der Waals surface area contributed by atoms with Crippen molar-refractivity contribution in [1.82, 2.24) is 0 Å². The van der Waals surface area contributed by atoms with E-state index >= 15 is 0 Å². The van der Waals surface area contributed by atoms with Crippen LogP contribution in [0.15, 0.2) is 12.2 Å². The van der Waals surface area contributed by atoms with Crippen molar-refractivity contribution in [2.24, 2.45) is 0 Å². The minimum Gasteiger partial charge on any atom is -0.438 e. The minimum atomic E-state index is -0.621. The predicted molar refractivity (Wildman–Crippen MR) is 65.5 cm³/mol. The molecular weight excluding hydrogens is 204 g/mol. The Morgan fingerprint density at radius 3 is 2.44 bits per heavy atom. The van der Waals surface area contributed by atoms with E-state index in [9.17, 15) is 4.79 Å². The van der Waals surface area contributed by atoms with Crippen molar-refractivity contribution in [2.45, 2.75) is 51.9 Å². The van der Waals surface area contributed by atoms with Gasteiger partial charge in [0.1, 0.15) is 6.61 Å². The number of hydrogen-bond acceptors (Lipinski definition) is 3. The molecule has 16 heavy (non-hydrogen) atoms. The molecule has 0 unspecified atom stereocenters. The number of methoxy groups -OCH3 is 1. The van der Waals surface area contributed by atoms with Crippen molar-refractivity contribution in [1.29, 1.82) is 0 Å². The quantitative estimate of drug-likeness (QED) is 0.339. The fourth-order valence-electron chi connectivity index (χ4n) is 1.40. The molecule has 0 fully saturated rings. The molecule has 0 radical (unpaired) electrons. The first-order valence-electron chi connectivity index (χ1n) is 6.17. The van der Waals surface area contributed by atoms with Gasteiger partial charge in [0.25, 0.3) is 0 Å². The van der Waals surface area contributed by atoms with Crippen LogP contribution in [-0.2, 0) is 9.47 Å². The molecule has 94 valence electrons. The van der Waals surface area contributed by atoms with Crippen molar-refractivity contribution >= 4 is 6.16 Å². The number of hydrogen-bond donors (Lipinski definition) is 0. The molecule has 0 aromatic heterocycles. The van der Waals surface area contributed by atoms with Crippen LogP contribution in [0.1, 0.15) is 51.9 Å². The molecule has 0 aliphatic heterocycles. The second-order valence-electron chi connectivity index (χ2n) is 3.79. The Morgan fingerprint density at radius 1 is 1.06 bits per heavy atom. The molecule has 0 rings (SSSR count). The number of carbonyl (C=O) groups is 1. The van der Waals surface area contributed by atoms with Gasteiger partial charge in [-0.15, -0.1) is 0 Å². The monoisotopic (exact) mass is 228 g/mol. The summed E-state index contributed by atoms with van der Waals surface area (Å²) in [5.41, 5.74) is 0. The van der Waals surface area contributed by atoms with Crippen LogP contribution in [0, 0.1) is 0 Å². The molecule has 0 amide bonds. The zero-order chi connectivity index (χ0) is 12.1. The maximum absolute atomic E-state index is 10.6. The van der Waals surface area contributed by atoms with Gasteiger partial charge < -0.3 is 9.47 Å². The largest absolute Gasteiger partial charge is 0.508 e. The van der Waals surface area contributed by atoms with E-state index in [0.717, 1.165) is 6.42 Å². The van der Waals surface area contributed by atoms with Crippen LogP contribution in [-0.4, -0.2) is 19.9 Å². The van der Waals surface area contributed by atoms with Gasteiger partial charge in [-0.2, -0.15) is 0 Å².